The zero-order chi connectivity index (χ0) is 22.2. The van der Waals surface area contributed by atoms with Gasteiger partial charge in [-0.05, 0) is 56.5 Å². The highest BCUT2D eigenvalue weighted by atomic mass is 19.1. The highest BCUT2D eigenvalue weighted by Crippen LogP contribution is 2.33. The van der Waals surface area contributed by atoms with Gasteiger partial charge in [-0.2, -0.15) is 0 Å². The Morgan fingerprint density at radius 2 is 1.94 bits per heavy atom. The Bertz CT molecular complexity index is 1160. The minimum atomic E-state index is -0.709. The zero-order valence-corrected chi connectivity index (χ0v) is 17.7. The fraction of sp³-hybridized carbons (Fsp3) is 0.292. The van der Waals surface area contributed by atoms with E-state index in [1.54, 1.807) is 0 Å². The van der Waals surface area contributed by atoms with Crippen LogP contribution in [0.15, 0.2) is 42.6 Å². The smallest absolute Gasteiger partial charge is 0.255 e. The number of rotatable bonds is 4. The Balaban J connectivity index is 1.49. The van der Waals surface area contributed by atoms with Crippen LogP contribution in [-0.4, -0.2) is 28.5 Å². The van der Waals surface area contributed by atoms with Gasteiger partial charge in [-0.3, -0.25) is 4.79 Å². The number of fused-ring (bicyclic) bond motifs is 1. The number of nitrogens with zero attached hydrogens (tertiary/aromatic N) is 3. The molecule has 1 saturated heterocycles. The van der Waals surface area contributed by atoms with Crippen molar-refractivity contribution in [3.05, 3.63) is 65.5 Å². The molecular weight excluding hydrogens is 412 g/mol. The number of piperidine rings is 1. The van der Waals surface area contributed by atoms with Gasteiger partial charge in [-0.25, -0.2) is 18.7 Å². The lowest BCUT2D eigenvalue weighted by Crippen LogP contribution is -2.37. The molecule has 3 aromatic rings. The van der Waals surface area contributed by atoms with Crippen molar-refractivity contribution in [2.24, 2.45) is 0 Å². The highest BCUT2D eigenvalue weighted by Gasteiger charge is 2.27. The summed E-state index contributed by atoms with van der Waals surface area (Å²) in [6, 6.07) is 9.48. The summed E-state index contributed by atoms with van der Waals surface area (Å²) in [6.07, 6.45) is 5.37. The van der Waals surface area contributed by atoms with E-state index in [2.05, 4.69) is 32.4 Å². The summed E-state index contributed by atoms with van der Waals surface area (Å²) in [5.41, 5.74) is 2.17. The van der Waals surface area contributed by atoms with E-state index in [0.29, 0.717) is 28.8 Å². The molecule has 8 heteroatoms. The SMILES string of the molecule is CC1CCCCN1c1ccc(Nc2cc(-c3c(F)cccc3F)nc3c2C(=O)NC3)nc1. The summed E-state index contributed by atoms with van der Waals surface area (Å²) in [6.45, 7) is 3.42. The van der Waals surface area contributed by atoms with Gasteiger partial charge in [0.05, 0.1) is 46.6 Å². The molecule has 1 atom stereocenters. The van der Waals surface area contributed by atoms with Crippen LogP contribution in [0.5, 0.6) is 0 Å². The van der Waals surface area contributed by atoms with Crippen LogP contribution in [0.2, 0.25) is 0 Å². The molecule has 32 heavy (non-hydrogen) atoms. The maximum Gasteiger partial charge on any atom is 0.255 e. The lowest BCUT2D eigenvalue weighted by molar-refractivity contribution is 0.0966. The summed E-state index contributed by atoms with van der Waals surface area (Å²) < 4.78 is 28.8. The third-order valence-electron chi connectivity index (χ3n) is 6.10. The van der Waals surface area contributed by atoms with Crippen molar-refractivity contribution >= 4 is 23.1 Å². The van der Waals surface area contributed by atoms with Crippen LogP contribution in [0, 0.1) is 11.6 Å². The van der Waals surface area contributed by atoms with E-state index in [4.69, 9.17) is 0 Å². The molecule has 0 aliphatic carbocycles. The number of pyridine rings is 2. The van der Waals surface area contributed by atoms with Crippen molar-refractivity contribution < 1.29 is 13.6 Å². The minimum absolute atomic E-state index is 0.122. The van der Waals surface area contributed by atoms with Gasteiger partial charge in [0.1, 0.15) is 17.5 Å². The van der Waals surface area contributed by atoms with Crippen LogP contribution in [-0.2, 0) is 6.54 Å². The van der Waals surface area contributed by atoms with Crippen molar-refractivity contribution in [3.8, 4) is 11.3 Å². The zero-order valence-electron chi connectivity index (χ0n) is 17.7. The Labute approximate surface area is 184 Å². The highest BCUT2D eigenvalue weighted by molar-refractivity contribution is 6.04. The van der Waals surface area contributed by atoms with Crippen LogP contribution in [0.3, 0.4) is 0 Å². The lowest BCUT2D eigenvalue weighted by atomic mass is 10.0. The van der Waals surface area contributed by atoms with Crippen LogP contribution in [0.4, 0.5) is 26.0 Å². The molecule has 0 bridgehead atoms. The summed E-state index contributed by atoms with van der Waals surface area (Å²) in [5, 5.41) is 5.87. The van der Waals surface area contributed by atoms with Gasteiger partial charge in [-0.15, -0.1) is 0 Å². The standard InChI is InChI=1S/C24H23F2N5O/c1-14-5-2-3-10-31(14)15-8-9-21(27-12-15)30-19-11-18(22-16(25)6-4-7-17(22)26)29-20-13-28-24(32)23(19)20/h4,6-9,11-12,14H,2-3,5,10,13H2,1H3,(H,28,32)(H,27,29,30). The number of hydrogen-bond acceptors (Lipinski definition) is 5. The van der Waals surface area contributed by atoms with Gasteiger partial charge in [0, 0.05) is 12.6 Å². The Morgan fingerprint density at radius 1 is 1.12 bits per heavy atom. The van der Waals surface area contributed by atoms with Gasteiger partial charge < -0.3 is 15.5 Å². The minimum Gasteiger partial charge on any atom is -0.368 e. The molecule has 1 amide bonds. The second-order valence-corrected chi connectivity index (χ2v) is 8.22. The summed E-state index contributed by atoms with van der Waals surface area (Å²) in [4.78, 5) is 23.6. The lowest BCUT2D eigenvalue weighted by Gasteiger charge is -2.35. The normalized spacial score (nSPS) is 17.8. The van der Waals surface area contributed by atoms with E-state index in [-0.39, 0.29) is 23.7 Å². The van der Waals surface area contributed by atoms with Crippen LogP contribution in [0.1, 0.15) is 42.2 Å². The third-order valence-corrected chi connectivity index (χ3v) is 6.10. The van der Waals surface area contributed by atoms with E-state index < -0.39 is 11.6 Å². The average molecular weight is 435 g/mol. The molecule has 164 valence electrons. The number of halogens is 2. The molecule has 0 spiro atoms. The topological polar surface area (TPSA) is 70.2 Å². The number of benzene rings is 1. The van der Waals surface area contributed by atoms with Crippen molar-refractivity contribution in [2.75, 3.05) is 16.8 Å². The molecule has 2 N–H and O–H groups in total. The van der Waals surface area contributed by atoms with E-state index in [1.807, 2.05) is 18.3 Å². The first-order chi connectivity index (χ1) is 15.5. The third kappa shape index (κ3) is 3.66. The maximum absolute atomic E-state index is 14.4. The molecule has 6 nitrogen and oxygen atoms in total. The predicted octanol–water partition coefficient (Wildman–Crippen LogP) is 4.79. The van der Waals surface area contributed by atoms with Crippen molar-refractivity contribution in [2.45, 2.75) is 38.8 Å². The molecule has 1 aromatic carbocycles. The molecule has 0 radical (unpaired) electrons. The van der Waals surface area contributed by atoms with Gasteiger partial charge in [0.25, 0.3) is 5.91 Å². The number of aromatic nitrogens is 2. The predicted molar refractivity (Wildman–Crippen MR) is 119 cm³/mol. The van der Waals surface area contributed by atoms with Crippen LogP contribution >= 0.6 is 0 Å². The van der Waals surface area contributed by atoms with E-state index in [0.717, 1.165) is 25.1 Å². The van der Waals surface area contributed by atoms with E-state index >= 15 is 0 Å². The molecule has 4 heterocycles. The molecule has 2 aromatic heterocycles. The maximum atomic E-state index is 14.4. The second kappa shape index (κ2) is 8.18. The molecule has 5 rings (SSSR count). The number of anilines is 3. The Hall–Kier alpha value is -3.55. The number of nitrogens with one attached hydrogen (secondary N) is 2. The fourth-order valence-electron chi connectivity index (χ4n) is 4.45. The molecule has 1 fully saturated rings. The number of amides is 1. The van der Waals surface area contributed by atoms with E-state index in [1.165, 1.54) is 30.7 Å². The van der Waals surface area contributed by atoms with E-state index in [9.17, 15) is 13.6 Å². The van der Waals surface area contributed by atoms with Crippen LogP contribution < -0.4 is 15.5 Å². The van der Waals surface area contributed by atoms with Crippen molar-refractivity contribution in [1.29, 1.82) is 0 Å². The summed E-state index contributed by atoms with van der Waals surface area (Å²) in [7, 11) is 0. The first-order valence-electron chi connectivity index (χ1n) is 10.8. The quantitative estimate of drug-likeness (QED) is 0.617. The first-order valence-corrected chi connectivity index (χ1v) is 10.8. The molecule has 2 aliphatic heterocycles. The molecular formula is C24H23F2N5O. The number of carbonyl (C=O) groups excluding carboxylic acids is 1. The average Bonchev–Trinajstić information content (AvgIpc) is 3.16. The largest absolute Gasteiger partial charge is 0.368 e. The van der Waals surface area contributed by atoms with Gasteiger partial charge in [0.15, 0.2) is 0 Å². The second-order valence-electron chi connectivity index (χ2n) is 8.22. The van der Waals surface area contributed by atoms with Gasteiger partial charge in [0.2, 0.25) is 0 Å². The summed E-state index contributed by atoms with van der Waals surface area (Å²) >= 11 is 0. The van der Waals surface area contributed by atoms with Crippen molar-refractivity contribution in [1.82, 2.24) is 15.3 Å². The van der Waals surface area contributed by atoms with Crippen LogP contribution in [0.25, 0.3) is 11.3 Å². The summed E-state index contributed by atoms with van der Waals surface area (Å²) in [5.74, 6) is -1.17. The Morgan fingerprint density at radius 3 is 2.66 bits per heavy atom. The molecule has 2 aliphatic rings. The monoisotopic (exact) mass is 435 g/mol. The molecule has 1 unspecified atom stereocenters. The molecule has 0 saturated carbocycles. The van der Waals surface area contributed by atoms with Gasteiger partial charge >= 0.3 is 0 Å². The van der Waals surface area contributed by atoms with Gasteiger partial charge in [-0.1, -0.05) is 6.07 Å². The number of hydrogen-bond donors (Lipinski definition) is 2. The Kier molecular flexibility index (Phi) is 5.20. The van der Waals surface area contributed by atoms with Crippen molar-refractivity contribution in [3.63, 3.8) is 0 Å². The number of carbonyl (C=O) groups is 1. The first kappa shape index (κ1) is 20.4. The fourth-order valence-corrected chi connectivity index (χ4v) is 4.45.